The average Bonchev–Trinajstić information content (AvgIpc) is 2.79. The summed E-state index contributed by atoms with van der Waals surface area (Å²) in [4.78, 5) is 0. The van der Waals surface area contributed by atoms with Gasteiger partial charge >= 0.3 is 0 Å². The Bertz CT molecular complexity index is 517. The molecule has 1 aromatic carbocycles. The van der Waals surface area contributed by atoms with E-state index < -0.39 is 0 Å². The Morgan fingerprint density at radius 2 is 2.00 bits per heavy atom. The molecule has 19 heavy (non-hydrogen) atoms. The van der Waals surface area contributed by atoms with Crippen LogP contribution in [0.4, 0.5) is 0 Å². The lowest BCUT2D eigenvalue weighted by Crippen LogP contribution is -2.04. The van der Waals surface area contributed by atoms with Crippen LogP contribution in [0.25, 0.3) is 11.3 Å². The molecule has 4 nitrogen and oxygen atoms in total. The van der Waals surface area contributed by atoms with Gasteiger partial charge in [-0.2, -0.15) is 0 Å². The molecule has 0 bridgehead atoms. The Kier molecular flexibility index (Phi) is 4.58. The largest absolute Gasteiger partial charge is 0.494 e. The van der Waals surface area contributed by atoms with Crippen LogP contribution >= 0.6 is 0 Å². The number of ether oxygens (including phenoxy) is 1. The normalized spacial score (nSPS) is 10.7. The summed E-state index contributed by atoms with van der Waals surface area (Å²) >= 11 is 0. The van der Waals surface area contributed by atoms with Crippen LogP contribution in [0.3, 0.4) is 0 Å². The zero-order chi connectivity index (χ0) is 13.7. The molecule has 0 aliphatic rings. The molecular weight excluding hydrogens is 240 g/mol. The lowest BCUT2D eigenvalue weighted by atomic mass is 10.0. The standard InChI is InChI=1S/C15H20N2O2/c1-3-10-18-13-6-4-12(5-7-13)15-14(8-9-16)11(2)17-19-15/h4-7H,3,8-10,16H2,1-2H3. The lowest BCUT2D eigenvalue weighted by Gasteiger charge is -2.05. The monoisotopic (exact) mass is 260 g/mol. The van der Waals surface area contributed by atoms with Crippen molar-refractivity contribution in [2.45, 2.75) is 26.7 Å². The van der Waals surface area contributed by atoms with Crippen LogP contribution in [0.15, 0.2) is 28.8 Å². The average molecular weight is 260 g/mol. The van der Waals surface area contributed by atoms with Crippen LogP contribution in [0.5, 0.6) is 5.75 Å². The summed E-state index contributed by atoms with van der Waals surface area (Å²) in [6, 6.07) is 7.89. The minimum Gasteiger partial charge on any atom is -0.494 e. The molecule has 2 rings (SSSR count). The van der Waals surface area contributed by atoms with E-state index in [1.807, 2.05) is 31.2 Å². The number of aryl methyl sites for hydroxylation is 1. The number of rotatable bonds is 6. The number of aromatic nitrogens is 1. The molecule has 4 heteroatoms. The molecule has 0 aliphatic carbocycles. The third-order valence-corrected chi connectivity index (χ3v) is 2.97. The minimum absolute atomic E-state index is 0.590. The molecule has 0 amide bonds. The highest BCUT2D eigenvalue weighted by molar-refractivity contribution is 5.62. The molecule has 2 N–H and O–H groups in total. The molecular formula is C15H20N2O2. The van der Waals surface area contributed by atoms with Gasteiger partial charge in [-0.15, -0.1) is 0 Å². The number of benzene rings is 1. The third-order valence-electron chi connectivity index (χ3n) is 2.97. The maximum Gasteiger partial charge on any atom is 0.170 e. The van der Waals surface area contributed by atoms with E-state index in [9.17, 15) is 0 Å². The molecule has 0 radical (unpaired) electrons. The minimum atomic E-state index is 0.590. The molecule has 0 saturated carbocycles. The third kappa shape index (κ3) is 3.15. The van der Waals surface area contributed by atoms with E-state index in [1.54, 1.807) is 0 Å². The summed E-state index contributed by atoms with van der Waals surface area (Å²) in [5.74, 6) is 1.69. The van der Waals surface area contributed by atoms with E-state index >= 15 is 0 Å². The second kappa shape index (κ2) is 6.38. The van der Waals surface area contributed by atoms with Crippen molar-refractivity contribution in [1.82, 2.24) is 5.16 Å². The number of hydrogen-bond donors (Lipinski definition) is 1. The highest BCUT2D eigenvalue weighted by Crippen LogP contribution is 2.28. The Labute approximate surface area is 113 Å². The van der Waals surface area contributed by atoms with Gasteiger partial charge < -0.3 is 15.0 Å². The summed E-state index contributed by atoms with van der Waals surface area (Å²) in [6.45, 7) is 5.35. The van der Waals surface area contributed by atoms with Gasteiger partial charge in [-0.05, 0) is 50.6 Å². The summed E-state index contributed by atoms with van der Waals surface area (Å²) in [5.41, 5.74) is 8.63. The first-order valence-electron chi connectivity index (χ1n) is 6.64. The number of nitrogens with two attached hydrogens (primary N) is 1. The van der Waals surface area contributed by atoms with Crippen molar-refractivity contribution in [2.24, 2.45) is 5.73 Å². The zero-order valence-corrected chi connectivity index (χ0v) is 11.5. The molecule has 1 heterocycles. The molecule has 0 aliphatic heterocycles. The molecule has 0 spiro atoms. The molecule has 1 aromatic heterocycles. The lowest BCUT2D eigenvalue weighted by molar-refractivity contribution is 0.317. The first-order valence-corrected chi connectivity index (χ1v) is 6.64. The maximum atomic E-state index is 5.63. The number of nitrogens with zero attached hydrogens (tertiary/aromatic N) is 1. The molecule has 0 atom stereocenters. The van der Waals surface area contributed by atoms with E-state index in [-0.39, 0.29) is 0 Å². The van der Waals surface area contributed by atoms with Gasteiger partial charge in [0, 0.05) is 11.1 Å². The molecule has 2 aromatic rings. The highest BCUT2D eigenvalue weighted by atomic mass is 16.5. The van der Waals surface area contributed by atoms with E-state index in [2.05, 4.69) is 12.1 Å². The maximum absolute atomic E-state index is 5.63. The van der Waals surface area contributed by atoms with E-state index in [4.69, 9.17) is 15.0 Å². The van der Waals surface area contributed by atoms with Crippen molar-refractivity contribution < 1.29 is 9.26 Å². The topological polar surface area (TPSA) is 61.3 Å². The summed E-state index contributed by atoms with van der Waals surface area (Å²) in [7, 11) is 0. The molecule has 0 unspecified atom stereocenters. The van der Waals surface area contributed by atoms with Crippen molar-refractivity contribution in [3.05, 3.63) is 35.5 Å². The van der Waals surface area contributed by atoms with E-state index in [0.717, 1.165) is 47.8 Å². The Hall–Kier alpha value is -1.81. The molecule has 0 saturated heterocycles. The van der Waals surface area contributed by atoms with Crippen LogP contribution in [0.2, 0.25) is 0 Å². The van der Waals surface area contributed by atoms with E-state index in [0.29, 0.717) is 6.54 Å². The number of hydrogen-bond acceptors (Lipinski definition) is 4. The summed E-state index contributed by atoms with van der Waals surface area (Å²) < 4.78 is 11.0. The molecule has 102 valence electrons. The van der Waals surface area contributed by atoms with Crippen molar-refractivity contribution >= 4 is 0 Å². The fourth-order valence-electron chi connectivity index (χ4n) is 1.98. The zero-order valence-electron chi connectivity index (χ0n) is 11.5. The van der Waals surface area contributed by atoms with Gasteiger partial charge in [-0.25, -0.2) is 0 Å². The van der Waals surface area contributed by atoms with Crippen molar-refractivity contribution in [3.8, 4) is 17.1 Å². The predicted octanol–water partition coefficient (Wildman–Crippen LogP) is 2.94. The van der Waals surface area contributed by atoms with Gasteiger partial charge in [0.25, 0.3) is 0 Å². The van der Waals surface area contributed by atoms with Crippen LogP contribution in [-0.2, 0) is 6.42 Å². The quantitative estimate of drug-likeness (QED) is 0.867. The van der Waals surface area contributed by atoms with Crippen LogP contribution in [0, 0.1) is 6.92 Å². The van der Waals surface area contributed by atoms with Crippen molar-refractivity contribution in [3.63, 3.8) is 0 Å². The van der Waals surface area contributed by atoms with Gasteiger partial charge in [0.2, 0.25) is 0 Å². The Morgan fingerprint density at radius 3 is 2.63 bits per heavy atom. The Balaban J connectivity index is 2.22. The van der Waals surface area contributed by atoms with Crippen LogP contribution < -0.4 is 10.5 Å². The first kappa shape index (κ1) is 13.6. The smallest absolute Gasteiger partial charge is 0.170 e. The summed E-state index contributed by atoms with van der Waals surface area (Å²) in [6.07, 6.45) is 1.78. The first-order chi connectivity index (χ1) is 9.26. The second-order valence-corrected chi connectivity index (χ2v) is 4.49. The Morgan fingerprint density at radius 1 is 1.26 bits per heavy atom. The fraction of sp³-hybridized carbons (Fsp3) is 0.400. The highest BCUT2D eigenvalue weighted by Gasteiger charge is 2.14. The fourth-order valence-corrected chi connectivity index (χ4v) is 1.98. The van der Waals surface area contributed by atoms with Gasteiger partial charge in [-0.1, -0.05) is 12.1 Å². The van der Waals surface area contributed by atoms with Crippen molar-refractivity contribution in [1.29, 1.82) is 0 Å². The van der Waals surface area contributed by atoms with Gasteiger partial charge in [0.1, 0.15) is 5.75 Å². The van der Waals surface area contributed by atoms with Crippen LogP contribution in [0.1, 0.15) is 24.6 Å². The van der Waals surface area contributed by atoms with Gasteiger partial charge in [-0.3, -0.25) is 0 Å². The second-order valence-electron chi connectivity index (χ2n) is 4.49. The SMILES string of the molecule is CCCOc1ccc(-c2onc(C)c2CCN)cc1. The summed E-state index contributed by atoms with van der Waals surface area (Å²) in [5, 5.41) is 4.02. The molecule has 0 fully saturated rings. The predicted molar refractivity (Wildman–Crippen MR) is 75.2 cm³/mol. The van der Waals surface area contributed by atoms with Crippen molar-refractivity contribution in [2.75, 3.05) is 13.2 Å². The van der Waals surface area contributed by atoms with Gasteiger partial charge in [0.15, 0.2) is 5.76 Å². The van der Waals surface area contributed by atoms with E-state index in [1.165, 1.54) is 0 Å². The van der Waals surface area contributed by atoms with Gasteiger partial charge in [0.05, 0.1) is 12.3 Å². The van der Waals surface area contributed by atoms with Crippen LogP contribution in [-0.4, -0.2) is 18.3 Å².